The largest absolute Gasteiger partial charge is 0.417 e. The van der Waals surface area contributed by atoms with E-state index in [4.69, 9.17) is 4.74 Å². The van der Waals surface area contributed by atoms with Crippen molar-refractivity contribution in [1.29, 1.82) is 0 Å². The lowest BCUT2D eigenvalue weighted by atomic mass is 9.91. The molecule has 2 aliphatic heterocycles. The summed E-state index contributed by atoms with van der Waals surface area (Å²) in [5.41, 5.74) is -0.225. The number of fused-ring (bicyclic) bond motifs is 1. The molecular formula is C20H26F3N5O2. The SMILES string of the molecule is CC(C)Nc1n[nH]c2nc(C3CCN(C(=O)C4CCCO4)CC3)cc(C(F)(F)F)c12. The van der Waals surface area contributed by atoms with Gasteiger partial charge in [0.15, 0.2) is 11.5 Å². The van der Waals surface area contributed by atoms with Crippen molar-refractivity contribution in [3.8, 4) is 0 Å². The van der Waals surface area contributed by atoms with Crippen LogP contribution in [0.25, 0.3) is 11.0 Å². The number of pyridine rings is 1. The predicted molar refractivity (Wildman–Crippen MR) is 105 cm³/mol. The van der Waals surface area contributed by atoms with Crippen LogP contribution < -0.4 is 5.32 Å². The Morgan fingerprint density at radius 1 is 1.30 bits per heavy atom. The predicted octanol–water partition coefficient (Wildman–Crippen LogP) is 3.68. The van der Waals surface area contributed by atoms with Gasteiger partial charge in [0.05, 0.1) is 10.9 Å². The van der Waals surface area contributed by atoms with E-state index in [-0.39, 0.29) is 40.8 Å². The summed E-state index contributed by atoms with van der Waals surface area (Å²) >= 11 is 0. The molecular weight excluding hydrogens is 399 g/mol. The number of rotatable bonds is 4. The zero-order chi connectivity index (χ0) is 21.5. The van der Waals surface area contributed by atoms with Crippen LogP contribution in [0.3, 0.4) is 0 Å². The van der Waals surface area contributed by atoms with Gasteiger partial charge in [-0.05, 0) is 45.6 Å². The molecule has 4 heterocycles. The quantitative estimate of drug-likeness (QED) is 0.781. The number of aromatic nitrogens is 3. The monoisotopic (exact) mass is 425 g/mol. The van der Waals surface area contributed by atoms with Crippen LogP contribution in [-0.2, 0) is 15.7 Å². The first kappa shape index (κ1) is 20.9. The smallest absolute Gasteiger partial charge is 0.368 e. The Balaban J connectivity index is 1.57. The molecule has 0 aliphatic carbocycles. The highest BCUT2D eigenvalue weighted by molar-refractivity contribution is 5.91. The number of carbonyl (C=O) groups is 1. The molecule has 0 saturated carbocycles. The Morgan fingerprint density at radius 3 is 2.63 bits per heavy atom. The number of amides is 1. The van der Waals surface area contributed by atoms with E-state index in [2.05, 4.69) is 20.5 Å². The lowest BCUT2D eigenvalue weighted by molar-refractivity contribution is -0.142. The van der Waals surface area contributed by atoms with E-state index in [0.29, 0.717) is 38.2 Å². The van der Waals surface area contributed by atoms with E-state index in [9.17, 15) is 18.0 Å². The summed E-state index contributed by atoms with van der Waals surface area (Å²) < 4.78 is 47.0. The molecule has 0 spiro atoms. The minimum atomic E-state index is -4.52. The number of nitrogens with one attached hydrogen (secondary N) is 2. The average molecular weight is 425 g/mol. The van der Waals surface area contributed by atoms with E-state index >= 15 is 0 Å². The van der Waals surface area contributed by atoms with Gasteiger partial charge in [0.2, 0.25) is 0 Å². The molecule has 164 valence electrons. The third kappa shape index (κ3) is 4.10. The third-order valence-electron chi connectivity index (χ3n) is 5.71. The van der Waals surface area contributed by atoms with Crippen LogP contribution in [0.2, 0.25) is 0 Å². The summed E-state index contributed by atoms with van der Waals surface area (Å²) in [5.74, 6) is 0.000482. The number of carbonyl (C=O) groups excluding carboxylic acids is 1. The number of aromatic amines is 1. The molecule has 2 N–H and O–H groups in total. The van der Waals surface area contributed by atoms with E-state index < -0.39 is 11.7 Å². The number of halogens is 3. The zero-order valence-electron chi connectivity index (χ0n) is 17.1. The van der Waals surface area contributed by atoms with Gasteiger partial charge in [-0.25, -0.2) is 4.98 Å². The third-order valence-corrected chi connectivity index (χ3v) is 5.71. The van der Waals surface area contributed by atoms with Crippen LogP contribution in [0.15, 0.2) is 6.07 Å². The van der Waals surface area contributed by atoms with Gasteiger partial charge >= 0.3 is 6.18 Å². The number of hydrogen-bond acceptors (Lipinski definition) is 5. The van der Waals surface area contributed by atoms with Crippen LogP contribution in [0.5, 0.6) is 0 Å². The molecule has 0 radical (unpaired) electrons. The molecule has 1 atom stereocenters. The average Bonchev–Trinajstić information content (AvgIpc) is 3.36. The van der Waals surface area contributed by atoms with Gasteiger partial charge < -0.3 is 15.0 Å². The van der Waals surface area contributed by atoms with Crippen LogP contribution in [0, 0.1) is 0 Å². The maximum absolute atomic E-state index is 13.8. The van der Waals surface area contributed by atoms with Crippen LogP contribution in [0.1, 0.15) is 56.7 Å². The highest BCUT2D eigenvalue weighted by Crippen LogP contribution is 2.40. The Labute approximate surface area is 172 Å². The Kier molecular flexibility index (Phi) is 5.61. The Morgan fingerprint density at radius 2 is 2.03 bits per heavy atom. The molecule has 30 heavy (non-hydrogen) atoms. The van der Waals surface area contributed by atoms with Crippen molar-refractivity contribution in [2.45, 2.75) is 63.8 Å². The maximum atomic E-state index is 13.8. The highest BCUT2D eigenvalue weighted by Gasteiger charge is 2.37. The van der Waals surface area contributed by atoms with Gasteiger partial charge in [0.25, 0.3) is 5.91 Å². The van der Waals surface area contributed by atoms with Crippen molar-refractivity contribution in [3.63, 3.8) is 0 Å². The molecule has 2 aromatic rings. The molecule has 7 nitrogen and oxygen atoms in total. The van der Waals surface area contributed by atoms with E-state index in [1.54, 1.807) is 4.90 Å². The number of H-pyrrole nitrogens is 1. The summed E-state index contributed by atoms with van der Waals surface area (Å²) in [4.78, 5) is 18.7. The molecule has 10 heteroatoms. The van der Waals surface area contributed by atoms with Crippen molar-refractivity contribution in [2.75, 3.05) is 25.0 Å². The normalized spacial score (nSPS) is 21.0. The summed E-state index contributed by atoms with van der Waals surface area (Å²) in [7, 11) is 0. The molecule has 4 rings (SSSR count). The van der Waals surface area contributed by atoms with E-state index in [1.165, 1.54) is 0 Å². The second kappa shape index (κ2) is 8.05. The van der Waals surface area contributed by atoms with Gasteiger partial charge in [-0.2, -0.15) is 18.3 Å². The van der Waals surface area contributed by atoms with E-state index in [1.807, 2.05) is 13.8 Å². The summed E-state index contributed by atoms with van der Waals surface area (Å²) in [6.45, 7) is 5.26. The van der Waals surface area contributed by atoms with Crippen molar-refractivity contribution in [1.82, 2.24) is 20.1 Å². The van der Waals surface area contributed by atoms with Gasteiger partial charge in [0, 0.05) is 37.4 Å². The maximum Gasteiger partial charge on any atom is 0.417 e. The lowest BCUT2D eigenvalue weighted by Gasteiger charge is -2.33. The Bertz CT molecular complexity index is 913. The number of alkyl halides is 3. The molecule has 2 saturated heterocycles. The first-order chi connectivity index (χ1) is 14.2. The molecule has 0 aromatic carbocycles. The zero-order valence-corrected chi connectivity index (χ0v) is 17.1. The van der Waals surface area contributed by atoms with Gasteiger partial charge in [-0.3, -0.25) is 9.89 Å². The minimum absolute atomic E-state index is 0.0108. The summed E-state index contributed by atoms with van der Waals surface area (Å²) in [6, 6.07) is 1.08. The molecule has 2 aromatic heterocycles. The summed E-state index contributed by atoms with van der Waals surface area (Å²) in [5, 5.41) is 9.56. The molecule has 2 aliphatic rings. The topological polar surface area (TPSA) is 83.1 Å². The molecule has 1 amide bonds. The number of nitrogens with zero attached hydrogens (tertiary/aromatic N) is 3. The first-order valence-corrected chi connectivity index (χ1v) is 10.4. The Hall–Kier alpha value is -2.36. The molecule has 0 bridgehead atoms. The lowest BCUT2D eigenvalue weighted by Crippen LogP contribution is -2.43. The number of hydrogen-bond donors (Lipinski definition) is 2. The molecule has 2 fully saturated rings. The molecule has 1 unspecified atom stereocenters. The fourth-order valence-electron chi connectivity index (χ4n) is 4.23. The second-order valence-electron chi connectivity index (χ2n) is 8.29. The van der Waals surface area contributed by atoms with Crippen molar-refractivity contribution < 1.29 is 22.7 Å². The van der Waals surface area contributed by atoms with Crippen molar-refractivity contribution in [3.05, 3.63) is 17.3 Å². The highest BCUT2D eigenvalue weighted by atomic mass is 19.4. The number of anilines is 1. The van der Waals surface area contributed by atoms with Crippen molar-refractivity contribution in [2.24, 2.45) is 0 Å². The van der Waals surface area contributed by atoms with Crippen molar-refractivity contribution >= 4 is 22.8 Å². The number of likely N-dealkylation sites (tertiary alicyclic amines) is 1. The summed E-state index contributed by atoms with van der Waals surface area (Å²) in [6.07, 6.45) is -2.14. The van der Waals surface area contributed by atoms with Crippen LogP contribution in [-0.4, -0.2) is 57.8 Å². The number of piperidine rings is 1. The van der Waals surface area contributed by atoms with Gasteiger partial charge in [-0.1, -0.05) is 0 Å². The minimum Gasteiger partial charge on any atom is -0.368 e. The fraction of sp³-hybridized carbons (Fsp3) is 0.650. The van der Waals surface area contributed by atoms with Crippen LogP contribution in [0.4, 0.5) is 19.0 Å². The fourth-order valence-corrected chi connectivity index (χ4v) is 4.23. The van der Waals surface area contributed by atoms with Gasteiger partial charge in [0.1, 0.15) is 6.10 Å². The second-order valence-corrected chi connectivity index (χ2v) is 8.29. The number of ether oxygens (including phenoxy) is 1. The van der Waals surface area contributed by atoms with Crippen LogP contribution >= 0.6 is 0 Å². The van der Waals surface area contributed by atoms with E-state index in [0.717, 1.165) is 18.9 Å². The van der Waals surface area contributed by atoms with Gasteiger partial charge in [-0.15, -0.1) is 0 Å². The standard InChI is InChI=1S/C20H26F3N5O2/c1-11(2)24-17-16-13(20(21,22)23)10-14(25-18(16)27-26-17)12-5-7-28(8-6-12)19(29)15-4-3-9-30-15/h10-12,15H,3-9H2,1-2H3,(H2,24,25,26,27). The first-order valence-electron chi connectivity index (χ1n) is 10.4.